The first kappa shape index (κ1) is 19.2. The van der Waals surface area contributed by atoms with E-state index in [1.807, 2.05) is 0 Å². The van der Waals surface area contributed by atoms with Gasteiger partial charge in [0, 0.05) is 23.9 Å². The predicted octanol–water partition coefficient (Wildman–Crippen LogP) is 1.09. The van der Waals surface area contributed by atoms with Crippen molar-refractivity contribution in [3.05, 3.63) is 72.7 Å². The lowest BCUT2D eigenvalue weighted by Gasteiger charge is -2.09. The standard InChI is InChI=1S/C15H12N4O8/c1-27-15(22)12-6-11(19(25)26)7-17(14(12)21)8-13(20)16-9-2-4-10(5-3-9)18(23)24/h2-7H,8H2,1H3,(H,16,20). The molecule has 1 amide bonds. The van der Waals surface area contributed by atoms with E-state index in [1.165, 1.54) is 24.3 Å². The van der Waals surface area contributed by atoms with Crippen LogP contribution in [-0.2, 0) is 16.1 Å². The van der Waals surface area contributed by atoms with E-state index >= 15 is 0 Å². The number of benzene rings is 1. The van der Waals surface area contributed by atoms with Crippen molar-refractivity contribution in [3.8, 4) is 0 Å². The molecule has 2 rings (SSSR count). The van der Waals surface area contributed by atoms with Gasteiger partial charge in [-0.2, -0.15) is 0 Å². The summed E-state index contributed by atoms with van der Waals surface area (Å²) in [5.74, 6) is -1.81. The lowest BCUT2D eigenvalue weighted by molar-refractivity contribution is -0.385. The van der Waals surface area contributed by atoms with Crippen molar-refractivity contribution in [3.63, 3.8) is 0 Å². The van der Waals surface area contributed by atoms with E-state index in [0.717, 1.165) is 19.4 Å². The van der Waals surface area contributed by atoms with Gasteiger partial charge < -0.3 is 10.1 Å². The molecular weight excluding hydrogens is 364 g/mol. The smallest absolute Gasteiger partial charge is 0.343 e. The Morgan fingerprint density at radius 1 is 1.11 bits per heavy atom. The highest BCUT2D eigenvalue weighted by Gasteiger charge is 2.20. The van der Waals surface area contributed by atoms with Crippen molar-refractivity contribution in [1.82, 2.24) is 4.57 Å². The number of nitro groups is 2. The number of carbonyl (C=O) groups excluding carboxylic acids is 2. The number of amides is 1. The maximum atomic E-state index is 12.2. The van der Waals surface area contributed by atoms with Crippen LogP contribution < -0.4 is 10.9 Å². The Labute approximate surface area is 150 Å². The molecule has 0 aliphatic carbocycles. The molecule has 12 heteroatoms. The van der Waals surface area contributed by atoms with E-state index in [0.29, 0.717) is 4.57 Å². The second-order valence-electron chi connectivity index (χ2n) is 5.15. The number of non-ortho nitro benzene ring substituents is 1. The zero-order chi connectivity index (χ0) is 20.1. The molecule has 0 spiro atoms. The molecule has 0 aliphatic heterocycles. The Morgan fingerprint density at radius 2 is 1.70 bits per heavy atom. The second kappa shape index (κ2) is 7.86. The van der Waals surface area contributed by atoms with E-state index in [9.17, 15) is 34.6 Å². The molecule has 1 aromatic heterocycles. The molecule has 1 N–H and O–H groups in total. The topological polar surface area (TPSA) is 164 Å². The number of rotatable bonds is 6. The monoisotopic (exact) mass is 376 g/mol. The average molecular weight is 376 g/mol. The molecular formula is C15H12N4O8. The predicted molar refractivity (Wildman–Crippen MR) is 90.4 cm³/mol. The summed E-state index contributed by atoms with van der Waals surface area (Å²) in [5, 5.41) is 24.0. The van der Waals surface area contributed by atoms with Crippen LogP contribution >= 0.6 is 0 Å². The minimum absolute atomic E-state index is 0.175. The lowest BCUT2D eigenvalue weighted by Crippen LogP contribution is -2.31. The van der Waals surface area contributed by atoms with Crippen LogP contribution in [0.25, 0.3) is 0 Å². The maximum Gasteiger partial charge on any atom is 0.343 e. The Balaban J connectivity index is 2.27. The molecule has 0 unspecified atom stereocenters. The summed E-state index contributed by atoms with van der Waals surface area (Å²) in [6.07, 6.45) is 0.824. The minimum Gasteiger partial charge on any atom is -0.465 e. The number of hydrogen-bond donors (Lipinski definition) is 1. The number of ether oxygens (including phenoxy) is 1. The number of anilines is 1. The number of carbonyl (C=O) groups is 2. The number of aromatic nitrogens is 1. The number of esters is 1. The molecule has 1 heterocycles. The van der Waals surface area contributed by atoms with Crippen LogP contribution in [0.1, 0.15) is 10.4 Å². The fourth-order valence-electron chi connectivity index (χ4n) is 2.12. The van der Waals surface area contributed by atoms with Gasteiger partial charge in [0.15, 0.2) is 0 Å². The van der Waals surface area contributed by atoms with Gasteiger partial charge in [0.25, 0.3) is 16.9 Å². The first-order valence-corrected chi connectivity index (χ1v) is 7.24. The van der Waals surface area contributed by atoms with E-state index in [-0.39, 0.29) is 11.4 Å². The summed E-state index contributed by atoms with van der Waals surface area (Å²) < 4.78 is 5.11. The van der Waals surface area contributed by atoms with Gasteiger partial charge in [0.2, 0.25) is 5.91 Å². The Hall–Kier alpha value is -4.09. The SMILES string of the molecule is COC(=O)c1cc([N+](=O)[O-])cn(CC(=O)Nc2ccc([N+](=O)[O-])cc2)c1=O. The van der Waals surface area contributed by atoms with Crippen LogP contribution in [0.15, 0.2) is 41.3 Å². The van der Waals surface area contributed by atoms with Crippen LogP contribution in [0.5, 0.6) is 0 Å². The van der Waals surface area contributed by atoms with Crippen molar-refractivity contribution in [2.24, 2.45) is 0 Å². The Morgan fingerprint density at radius 3 is 2.22 bits per heavy atom. The molecule has 27 heavy (non-hydrogen) atoms. The molecule has 0 aliphatic rings. The number of hydrogen-bond acceptors (Lipinski definition) is 8. The molecule has 0 radical (unpaired) electrons. The van der Waals surface area contributed by atoms with Gasteiger partial charge in [-0.25, -0.2) is 4.79 Å². The molecule has 12 nitrogen and oxygen atoms in total. The summed E-state index contributed by atoms with van der Waals surface area (Å²) in [5.41, 5.74) is -2.05. The minimum atomic E-state index is -1.08. The van der Waals surface area contributed by atoms with Gasteiger partial charge in [-0.05, 0) is 12.1 Å². The molecule has 0 saturated carbocycles. The Bertz CT molecular complexity index is 980. The zero-order valence-corrected chi connectivity index (χ0v) is 13.8. The van der Waals surface area contributed by atoms with E-state index in [2.05, 4.69) is 10.1 Å². The lowest BCUT2D eigenvalue weighted by atomic mass is 10.2. The van der Waals surface area contributed by atoms with Gasteiger partial charge in [0.1, 0.15) is 12.1 Å². The number of pyridine rings is 1. The van der Waals surface area contributed by atoms with E-state index in [1.54, 1.807) is 0 Å². The maximum absolute atomic E-state index is 12.2. The molecule has 1 aromatic carbocycles. The zero-order valence-electron chi connectivity index (χ0n) is 13.8. The van der Waals surface area contributed by atoms with Gasteiger partial charge in [-0.15, -0.1) is 0 Å². The number of nitro benzene ring substituents is 1. The van der Waals surface area contributed by atoms with Gasteiger partial charge in [0.05, 0.1) is 23.2 Å². The van der Waals surface area contributed by atoms with Crippen molar-refractivity contribution in [2.75, 3.05) is 12.4 Å². The fraction of sp³-hybridized carbons (Fsp3) is 0.133. The van der Waals surface area contributed by atoms with Crippen molar-refractivity contribution in [2.45, 2.75) is 6.54 Å². The molecule has 2 aromatic rings. The van der Waals surface area contributed by atoms with Crippen LogP contribution in [0, 0.1) is 20.2 Å². The second-order valence-corrected chi connectivity index (χ2v) is 5.15. The van der Waals surface area contributed by atoms with Crippen LogP contribution in [0.3, 0.4) is 0 Å². The van der Waals surface area contributed by atoms with E-state index in [4.69, 9.17) is 0 Å². The van der Waals surface area contributed by atoms with Crippen molar-refractivity contribution in [1.29, 1.82) is 0 Å². The summed E-state index contributed by atoms with van der Waals surface area (Å²) in [6, 6.07) is 5.67. The van der Waals surface area contributed by atoms with Crippen molar-refractivity contribution < 1.29 is 24.2 Å². The summed E-state index contributed by atoms with van der Waals surface area (Å²) in [6.45, 7) is -0.624. The van der Waals surface area contributed by atoms with Gasteiger partial charge >= 0.3 is 5.97 Å². The quantitative estimate of drug-likeness (QED) is 0.444. The largest absolute Gasteiger partial charge is 0.465 e. The van der Waals surface area contributed by atoms with Gasteiger partial charge in [-0.1, -0.05) is 0 Å². The highest BCUT2D eigenvalue weighted by atomic mass is 16.6. The molecule has 0 saturated heterocycles. The third-order valence-electron chi connectivity index (χ3n) is 3.36. The first-order valence-electron chi connectivity index (χ1n) is 7.24. The van der Waals surface area contributed by atoms with Gasteiger partial charge in [-0.3, -0.25) is 34.4 Å². The van der Waals surface area contributed by atoms with Crippen LogP contribution in [0.2, 0.25) is 0 Å². The van der Waals surface area contributed by atoms with E-state index < -0.39 is 45.1 Å². The number of methoxy groups -OCH3 is 1. The average Bonchev–Trinajstić information content (AvgIpc) is 2.62. The summed E-state index contributed by atoms with van der Waals surface area (Å²) in [4.78, 5) is 56.1. The first-order chi connectivity index (χ1) is 12.7. The summed E-state index contributed by atoms with van der Waals surface area (Å²) in [7, 11) is 1.01. The summed E-state index contributed by atoms with van der Waals surface area (Å²) >= 11 is 0. The number of nitrogens with zero attached hydrogens (tertiary/aromatic N) is 3. The highest BCUT2D eigenvalue weighted by molar-refractivity contribution is 5.91. The third-order valence-corrected chi connectivity index (χ3v) is 3.36. The highest BCUT2D eigenvalue weighted by Crippen LogP contribution is 2.16. The van der Waals surface area contributed by atoms with Crippen LogP contribution in [-0.4, -0.2) is 33.4 Å². The molecule has 140 valence electrons. The molecule has 0 fully saturated rings. The van der Waals surface area contributed by atoms with Crippen molar-refractivity contribution >= 4 is 28.9 Å². The third kappa shape index (κ3) is 4.50. The fourth-order valence-corrected chi connectivity index (χ4v) is 2.12. The molecule has 0 bridgehead atoms. The normalized spacial score (nSPS) is 10.1. The number of nitrogens with one attached hydrogen (secondary N) is 1. The van der Waals surface area contributed by atoms with Crippen LogP contribution in [0.4, 0.5) is 17.1 Å². The molecule has 0 atom stereocenters. The Kier molecular flexibility index (Phi) is 5.60.